The lowest BCUT2D eigenvalue weighted by atomic mass is 9.93. The summed E-state index contributed by atoms with van der Waals surface area (Å²) in [6.45, 7) is 4.83. The van der Waals surface area contributed by atoms with E-state index in [0.717, 1.165) is 82.6 Å². The Balaban J connectivity index is 1.11. The van der Waals surface area contributed by atoms with Crippen LogP contribution in [-0.2, 0) is 15.8 Å². The Morgan fingerprint density at radius 1 is 0.976 bits per heavy atom. The third-order valence-electron chi connectivity index (χ3n) is 8.21. The molecule has 1 aliphatic carbocycles. The van der Waals surface area contributed by atoms with Crippen molar-refractivity contribution in [3.8, 4) is 0 Å². The highest BCUT2D eigenvalue weighted by molar-refractivity contribution is 8.04. The van der Waals surface area contributed by atoms with Crippen LogP contribution in [0.5, 0.6) is 0 Å². The van der Waals surface area contributed by atoms with E-state index in [1.165, 1.54) is 36.0 Å². The van der Waals surface area contributed by atoms with Crippen LogP contribution in [0.2, 0.25) is 0 Å². The summed E-state index contributed by atoms with van der Waals surface area (Å²) in [5, 5.41) is 3.14. The van der Waals surface area contributed by atoms with Crippen LogP contribution < -0.4 is 10.2 Å². The molecule has 11 heteroatoms. The van der Waals surface area contributed by atoms with Crippen LogP contribution in [0.25, 0.3) is 6.08 Å². The first-order valence-corrected chi connectivity index (χ1v) is 15.4. The largest absolute Gasteiger partial charge is 0.416 e. The van der Waals surface area contributed by atoms with Gasteiger partial charge in [-0.15, -0.1) is 11.8 Å². The Labute approximate surface area is 248 Å². The summed E-state index contributed by atoms with van der Waals surface area (Å²) in [5.41, 5.74) is 0.813. The number of thioether (sulfide) groups is 1. The second kappa shape index (κ2) is 13.5. The molecule has 0 bridgehead atoms. The number of fused-ring (bicyclic) bond motifs is 1. The second-order valence-corrected chi connectivity index (χ2v) is 12.4. The number of rotatable bonds is 8. The molecule has 2 amide bonds. The number of piperazine rings is 1. The molecule has 2 aromatic carbocycles. The molecular weight excluding hydrogens is 568 g/mol. The predicted octanol–water partition coefficient (Wildman–Crippen LogP) is 5.40. The zero-order chi connectivity index (χ0) is 29.7. The maximum absolute atomic E-state index is 13.5. The third-order valence-corrected chi connectivity index (χ3v) is 9.60. The summed E-state index contributed by atoms with van der Waals surface area (Å²) in [7, 11) is 0. The van der Waals surface area contributed by atoms with Gasteiger partial charge in [0.25, 0.3) is 5.91 Å². The van der Waals surface area contributed by atoms with Crippen molar-refractivity contribution in [1.29, 1.82) is 0 Å². The minimum atomic E-state index is -4.42. The molecule has 0 radical (unpaired) electrons. The Hall–Kier alpha value is -3.05. The van der Waals surface area contributed by atoms with Gasteiger partial charge in [0.2, 0.25) is 5.91 Å². The number of benzene rings is 2. The maximum Gasteiger partial charge on any atom is 0.416 e. The average molecular weight is 605 g/mol. The zero-order valence-corrected chi connectivity index (χ0v) is 24.2. The molecule has 2 saturated heterocycles. The van der Waals surface area contributed by atoms with E-state index in [9.17, 15) is 27.2 Å². The highest BCUT2D eigenvalue weighted by Gasteiger charge is 2.41. The summed E-state index contributed by atoms with van der Waals surface area (Å²) < 4.78 is 52.1. The van der Waals surface area contributed by atoms with Crippen LogP contribution in [0.15, 0.2) is 53.4 Å². The lowest BCUT2D eigenvalue weighted by molar-refractivity contribution is -0.137. The monoisotopic (exact) mass is 604 g/mol. The van der Waals surface area contributed by atoms with Gasteiger partial charge in [-0.1, -0.05) is 25.0 Å². The molecule has 2 unspecified atom stereocenters. The standard InChI is InChI=1S/C31H36F4N4O2S/c32-24-10-12-25(13-11-24)38-18-16-37(17-19-38)15-3-14-36-29(40)21-39-26-4-1-2-5-27(26)42-28(30(39)41)20-22-6-8-23(9-7-22)31(33,34)35/h6-13,20,26-27H,1-5,14-19,21H2,(H,36,40)/b28-20-. The summed E-state index contributed by atoms with van der Waals surface area (Å²) in [6, 6.07) is 11.3. The first kappa shape index (κ1) is 30.4. The number of alkyl halides is 3. The number of nitrogens with one attached hydrogen (secondary N) is 1. The second-order valence-electron chi connectivity index (χ2n) is 11.1. The van der Waals surface area contributed by atoms with E-state index in [0.29, 0.717) is 17.0 Å². The molecule has 5 rings (SSSR count). The Bertz CT molecular complexity index is 1260. The molecule has 2 aromatic rings. The van der Waals surface area contributed by atoms with Crippen molar-refractivity contribution < 1.29 is 27.2 Å². The van der Waals surface area contributed by atoms with Gasteiger partial charge in [0.05, 0.1) is 10.5 Å². The average Bonchev–Trinajstić information content (AvgIpc) is 2.98. The summed E-state index contributed by atoms with van der Waals surface area (Å²) in [6.07, 6.45) is 1.83. The summed E-state index contributed by atoms with van der Waals surface area (Å²) >= 11 is 1.49. The number of hydrogen-bond donors (Lipinski definition) is 1. The van der Waals surface area contributed by atoms with Gasteiger partial charge in [-0.2, -0.15) is 13.2 Å². The molecular formula is C31H36F4N4O2S. The molecule has 6 nitrogen and oxygen atoms in total. The van der Waals surface area contributed by atoms with Crippen LogP contribution >= 0.6 is 11.8 Å². The highest BCUT2D eigenvalue weighted by atomic mass is 32.2. The van der Waals surface area contributed by atoms with Crippen LogP contribution in [-0.4, -0.2) is 78.7 Å². The fourth-order valence-electron chi connectivity index (χ4n) is 5.90. The van der Waals surface area contributed by atoms with Gasteiger partial charge in [0, 0.05) is 49.7 Å². The fraction of sp³-hybridized carbons (Fsp3) is 0.484. The van der Waals surface area contributed by atoms with Crippen molar-refractivity contribution in [3.05, 3.63) is 70.4 Å². The van der Waals surface area contributed by atoms with Crippen molar-refractivity contribution in [3.63, 3.8) is 0 Å². The minimum Gasteiger partial charge on any atom is -0.369 e. The number of halogens is 4. The Kier molecular flexibility index (Phi) is 9.77. The predicted molar refractivity (Wildman–Crippen MR) is 157 cm³/mol. The molecule has 2 atom stereocenters. The lowest BCUT2D eigenvalue weighted by Gasteiger charge is -2.43. The van der Waals surface area contributed by atoms with Crippen LogP contribution in [0.4, 0.5) is 23.2 Å². The van der Waals surface area contributed by atoms with Gasteiger partial charge >= 0.3 is 6.18 Å². The quantitative estimate of drug-likeness (QED) is 0.249. The van der Waals surface area contributed by atoms with E-state index in [1.807, 2.05) is 0 Å². The molecule has 2 aliphatic heterocycles. The first-order chi connectivity index (χ1) is 20.2. The summed E-state index contributed by atoms with van der Waals surface area (Å²) in [4.78, 5) is 33.1. The van der Waals surface area contributed by atoms with E-state index < -0.39 is 11.7 Å². The molecule has 3 fully saturated rings. The molecule has 0 spiro atoms. The van der Waals surface area contributed by atoms with Crippen molar-refractivity contribution in [1.82, 2.24) is 15.1 Å². The molecule has 0 aromatic heterocycles. The molecule has 226 valence electrons. The van der Waals surface area contributed by atoms with Crippen LogP contribution in [0.3, 0.4) is 0 Å². The minimum absolute atomic E-state index is 0.0239. The molecule has 3 aliphatic rings. The smallest absolute Gasteiger partial charge is 0.369 e. The Morgan fingerprint density at radius 3 is 2.36 bits per heavy atom. The number of anilines is 1. The summed E-state index contributed by atoms with van der Waals surface area (Å²) in [5.74, 6) is -0.677. The van der Waals surface area contributed by atoms with E-state index in [2.05, 4.69) is 15.1 Å². The van der Waals surface area contributed by atoms with E-state index in [-0.39, 0.29) is 35.5 Å². The number of carbonyl (C=O) groups is 2. The van der Waals surface area contributed by atoms with E-state index >= 15 is 0 Å². The van der Waals surface area contributed by atoms with E-state index in [1.54, 1.807) is 23.1 Å². The van der Waals surface area contributed by atoms with Gasteiger partial charge in [0.1, 0.15) is 12.4 Å². The van der Waals surface area contributed by atoms with Gasteiger partial charge in [-0.05, 0) is 73.8 Å². The molecule has 42 heavy (non-hydrogen) atoms. The Morgan fingerprint density at radius 2 is 1.67 bits per heavy atom. The third kappa shape index (κ3) is 7.66. The number of carbonyl (C=O) groups excluding carboxylic acids is 2. The van der Waals surface area contributed by atoms with Gasteiger partial charge in [0.15, 0.2) is 0 Å². The van der Waals surface area contributed by atoms with Gasteiger partial charge in [-0.3, -0.25) is 14.5 Å². The van der Waals surface area contributed by atoms with Crippen molar-refractivity contribution in [2.75, 3.05) is 50.7 Å². The first-order valence-electron chi connectivity index (χ1n) is 14.5. The highest BCUT2D eigenvalue weighted by Crippen LogP contribution is 2.42. The van der Waals surface area contributed by atoms with Crippen LogP contribution in [0, 0.1) is 5.82 Å². The SMILES string of the molecule is O=C(CN1C(=O)/C(=C/c2ccc(C(F)(F)F)cc2)SC2CCCCC21)NCCCN1CCN(c2ccc(F)cc2)CC1. The lowest BCUT2D eigenvalue weighted by Crippen LogP contribution is -2.54. The molecule has 1 saturated carbocycles. The van der Waals surface area contributed by atoms with Crippen molar-refractivity contribution in [2.45, 2.75) is 49.6 Å². The van der Waals surface area contributed by atoms with Crippen LogP contribution in [0.1, 0.15) is 43.2 Å². The van der Waals surface area contributed by atoms with Gasteiger partial charge in [-0.25, -0.2) is 4.39 Å². The fourth-order valence-corrected chi connectivity index (χ4v) is 7.38. The topological polar surface area (TPSA) is 55.9 Å². The number of hydrogen-bond acceptors (Lipinski definition) is 5. The van der Waals surface area contributed by atoms with Gasteiger partial charge < -0.3 is 15.1 Å². The molecule has 1 N–H and O–H groups in total. The number of nitrogens with zero attached hydrogens (tertiary/aromatic N) is 3. The normalized spacial score (nSPS) is 22.8. The van der Waals surface area contributed by atoms with Crippen molar-refractivity contribution >= 4 is 35.3 Å². The van der Waals surface area contributed by atoms with Crippen molar-refractivity contribution in [2.24, 2.45) is 0 Å². The number of amides is 2. The zero-order valence-electron chi connectivity index (χ0n) is 23.4. The molecule has 2 heterocycles. The van der Waals surface area contributed by atoms with E-state index in [4.69, 9.17) is 0 Å². The maximum atomic E-state index is 13.5.